The molecule has 2 aromatic heterocycles. The molecule has 1 atom stereocenters. The third-order valence-corrected chi connectivity index (χ3v) is 5.24. The van der Waals surface area contributed by atoms with Gasteiger partial charge < -0.3 is 14.1 Å². The lowest BCUT2D eigenvalue weighted by atomic mass is 10.1. The van der Waals surface area contributed by atoms with Gasteiger partial charge in [0.15, 0.2) is 6.10 Å². The van der Waals surface area contributed by atoms with Crippen LogP contribution in [0.5, 0.6) is 0 Å². The molecule has 1 aromatic carbocycles. The molecule has 0 aliphatic heterocycles. The van der Waals surface area contributed by atoms with E-state index in [2.05, 4.69) is 4.98 Å². The summed E-state index contributed by atoms with van der Waals surface area (Å²) in [6.45, 7) is 1.58. The second kappa shape index (κ2) is 8.84. The topological polar surface area (TPSA) is 72.6 Å². The first-order valence-corrected chi connectivity index (χ1v) is 9.76. The number of furan rings is 1. The minimum Gasteiger partial charge on any atom is -0.465 e. The highest BCUT2D eigenvalue weighted by molar-refractivity contribution is 7.19. The van der Waals surface area contributed by atoms with Crippen LogP contribution in [0.1, 0.15) is 30.5 Å². The summed E-state index contributed by atoms with van der Waals surface area (Å²) in [6.07, 6.45) is 3.27. The van der Waals surface area contributed by atoms with Gasteiger partial charge in [-0.2, -0.15) is 0 Å². The number of allylic oxidation sites excluding steroid dienone is 1. The summed E-state index contributed by atoms with van der Waals surface area (Å²) < 4.78 is 11.8. The van der Waals surface area contributed by atoms with E-state index >= 15 is 0 Å². The van der Waals surface area contributed by atoms with Crippen LogP contribution >= 0.6 is 11.3 Å². The molecule has 0 unspecified atom stereocenters. The third-order valence-electron chi connectivity index (χ3n) is 4.12. The summed E-state index contributed by atoms with van der Waals surface area (Å²) >= 11 is 1.57. The minimum absolute atomic E-state index is 0.146. The first-order chi connectivity index (χ1) is 13.4. The fourth-order valence-corrected chi connectivity index (χ4v) is 3.71. The number of amides is 1. The maximum Gasteiger partial charge on any atom is 0.306 e. The van der Waals surface area contributed by atoms with Crippen molar-refractivity contribution in [2.75, 3.05) is 14.1 Å². The lowest BCUT2D eigenvalue weighted by Gasteiger charge is -2.17. The lowest BCUT2D eigenvalue weighted by Crippen LogP contribution is -2.34. The van der Waals surface area contributed by atoms with Crippen LogP contribution in [0.2, 0.25) is 0 Å². The van der Waals surface area contributed by atoms with Gasteiger partial charge in [-0.3, -0.25) is 9.59 Å². The summed E-state index contributed by atoms with van der Waals surface area (Å²) in [5, 5.41) is 0.836. The molecule has 0 spiro atoms. The molecule has 146 valence electrons. The number of nitrogens with zero attached hydrogens (tertiary/aromatic N) is 2. The number of thiazole rings is 1. The highest BCUT2D eigenvalue weighted by Gasteiger charge is 2.20. The Balaban J connectivity index is 1.75. The molecule has 6 nitrogen and oxygen atoms in total. The molecule has 0 saturated carbocycles. The number of esters is 1. The van der Waals surface area contributed by atoms with Gasteiger partial charge >= 0.3 is 5.97 Å². The highest BCUT2D eigenvalue weighted by Crippen LogP contribution is 2.31. The van der Waals surface area contributed by atoms with Crippen LogP contribution in [0.25, 0.3) is 21.9 Å². The van der Waals surface area contributed by atoms with Gasteiger partial charge in [0.1, 0.15) is 10.8 Å². The molecule has 28 heavy (non-hydrogen) atoms. The van der Waals surface area contributed by atoms with Gasteiger partial charge in [0.2, 0.25) is 0 Å². The van der Waals surface area contributed by atoms with Crippen molar-refractivity contribution in [3.05, 3.63) is 53.4 Å². The van der Waals surface area contributed by atoms with Gasteiger partial charge in [-0.25, -0.2) is 4.98 Å². The standard InChI is InChI=1S/C21H22N2O4S/c1-14(21(25)23(2)3)27-19(24)11-10-15(13-16-7-6-12-26-16)20-22-17-8-4-5-9-18(17)28-20/h4-9,12-14H,10-11H2,1-3H3/b15-13-/t14-/m1/s1. The number of hydrogen-bond donors (Lipinski definition) is 0. The maximum absolute atomic E-state index is 12.2. The SMILES string of the molecule is C[C@@H](OC(=O)CC/C(=C/c1ccco1)c1nc2ccccc2s1)C(=O)N(C)C. The number of carbonyl (C=O) groups excluding carboxylic acids is 2. The van der Waals surface area contributed by atoms with Gasteiger partial charge in [-0.1, -0.05) is 12.1 Å². The second-order valence-electron chi connectivity index (χ2n) is 6.54. The molecule has 1 amide bonds. The van der Waals surface area contributed by atoms with Crippen molar-refractivity contribution in [3.8, 4) is 0 Å². The van der Waals surface area contributed by atoms with Crippen molar-refractivity contribution in [2.24, 2.45) is 0 Å². The molecule has 3 aromatic rings. The zero-order chi connectivity index (χ0) is 20.1. The Bertz CT molecular complexity index is 956. The average molecular weight is 398 g/mol. The molecule has 0 bridgehead atoms. The highest BCUT2D eigenvalue weighted by atomic mass is 32.1. The molecule has 0 fully saturated rings. The van der Waals surface area contributed by atoms with Gasteiger partial charge in [0.05, 0.1) is 16.5 Å². The summed E-state index contributed by atoms with van der Waals surface area (Å²) in [5.41, 5.74) is 1.81. The number of hydrogen-bond acceptors (Lipinski definition) is 6. The Hall–Kier alpha value is -2.93. The Morgan fingerprint density at radius 3 is 2.68 bits per heavy atom. The summed E-state index contributed by atoms with van der Waals surface area (Å²) in [4.78, 5) is 30.2. The van der Waals surface area contributed by atoms with Crippen molar-refractivity contribution in [1.29, 1.82) is 0 Å². The van der Waals surface area contributed by atoms with Crippen molar-refractivity contribution in [2.45, 2.75) is 25.9 Å². The van der Waals surface area contributed by atoms with Crippen LogP contribution in [-0.2, 0) is 14.3 Å². The maximum atomic E-state index is 12.2. The molecule has 2 heterocycles. The number of carbonyl (C=O) groups is 2. The normalized spacial score (nSPS) is 12.8. The smallest absolute Gasteiger partial charge is 0.306 e. The van der Waals surface area contributed by atoms with Crippen LogP contribution in [0.4, 0.5) is 0 Å². The van der Waals surface area contributed by atoms with Crippen LogP contribution in [0, 0.1) is 0 Å². The molecular weight excluding hydrogens is 376 g/mol. The third kappa shape index (κ3) is 4.86. The first-order valence-electron chi connectivity index (χ1n) is 8.94. The quantitative estimate of drug-likeness (QED) is 0.557. The fourth-order valence-electron chi connectivity index (χ4n) is 2.70. The number of likely N-dealkylation sites (N-methyl/N-ethyl adjacent to an activating group) is 1. The van der Waals surface area contributed by atoms with E-state index in [4.69, 9.17) is 9.15 Å². The Kier molecular flexibility index (Phi) is 6.26. The van der Waals surface area contributed by atoms with Gasteiger partial charge in [-0.05, 0) is 49.3 Å². The predicted molar refractivity (Wildman–Crippen MR) is 110 cm³/mol. The van der Waals surface area contributed by atoms with E-state index < -0.39 is 12.1 Å². The Morgan fingerprint density at radius 2 is 2.00 bits per heavy atom. The van der Waals surface area contributed by atoms with Gasteiger partial charge in [-0.15, -0.1) is 11.3 Å². The zero-order valence-corrected chi connectivity index (χ0v) is 16.9. The van der Waals surface area contributed by atoms with E-state index in [0.29, 0.717) is 12.2 Å². The number of rotatable bonds is 7. The lowest BCUT2D eigenvalue weighted by molar-refractivity contribution is -0.157. The van der Waals surface area contributed by atoms with Crippen LogP contribution in [0.15, 0.2) is 47.1 Å². The zero-order valence-electron chi connectivity index (χ0n) is 16.0. The summed E-state index contributed by atoms with van der Waals surface area (Å²) in [5.74, 6) is 0.0267. The van der Waals surface area contributed by atoms with Crippen molar-refractivity contribution in [3.63, 3.8) is 0 Å². The van der Waals surface area contributed by atoms with E-state index in [1.54, 1.807) is 38.6 Å². The van der Waals surface area contributed by atoms with E-state index in [-0.39, 0.29) is 12.3 Å². The Morgan fingerprint density at radius 1 is 1.21 bits per heavy atom. The van der Waals surface area contributed by atoms with E-state index in [9.17, 15) is 9.59 Å². The number of benzene rings is 1. The predicted octanol–water partition coefficient (Wildman–Crippen LogP) is 4.23. The van der Waals surface area contributed by atoms with Crippen molar-refractivity contribution < 1.29 is 18.7 Å². The second-order valence-corrected chi connectivity index (χ2v) is 7.57. The van der Waals surface area contributed by atoms with Gasteiger partial charge in [0, 0.05) is 20.5 Å². The van der Waals surface area contributed by atoms with E-state index in [1.165, 1.54) is 4.90 Å². The number of para-hydroxylation sites is 1. The first kappa shape index (κ1) is 19.8. The van der Waals surface area contributed by atoms with Crippen molar-refractivity contribution in [1.82, 2.24) is 9.88 Å². The fraction of sp³-hybridized carbons (Fsp3) is 0.286. The molecule has 7 heteroatoms. The monoisotopic (exact) mass is 398 g/mol. The van der Waals surface area contributed by atoms with Crippen LogP contribution < -0.4 is 0 Å². The van der Waals surface area contributed by atoms with E-state index in [1.807, 2.05) is 42.5 Å². The van der Waals surface area contributed by atoms with E-state index in [0.717, 1.165) is 20.8 Å². The molecule has 3 rings (SSSR count). The number of ether oxygens (including phenoxy) is 1. The van der Waals surface area contributed by atoms with Crippen molar-refractivity contribution >= 4 is 45.1 Å². The minimum atomic E-state index is -0.803. The molecule has 0 radical (unpaired) electrons. The number of aromatic nitrogens is 1. The largest absolute Gasteiger partial charge is 0.465 e. The van der Waals surface area contributed by atoms with Crippen LogP contribution in [-0.4, -0.2) is 42.0 Å². The molecule has 0 N–H and O–H groups in total. The van der Waals surface area contributed by atoms with Crippen LogP contribution in [0.3, 0.4) is 0 Å². The van der Waals surface area contributed by atoms with Gasteiger partial charge in [0.25, 0.3) is 5.91 Å². The average Bonchev–Trinajstić information content (AvgIpc) is 3.33. The molecule has 0 saturated heterocycles. The summed E-state index contributed by atoms with van der Waals surface area (Å²) in [6, 6.07) is 11.6. The molecular formula is C21H22N2O4S. The Labute approximate surface area is 167 Å². The number of fused-ring (bicyclic) bond motifs is 1. The molecule has 0 aliphatic rings. The molecule has 0 aliphatic carbocycles. The summed E-state index contributed by atoms with van der Waals surface area (Å²) in [7, 11) is 3.26.